The topological polar surface area (TPSA) is 41.5 Å². The predicted octanol–water partition coefficient (Wildman–Crippen LogP) is 6.83. The van der Waals surface area contributed by atoms with Gasteiger partial charge in [-0.25, -0.2) is 0 Å². The number of benzene rings is 2. The van der Waals surface area contributed by atoms with Gasteiger partial charge in [-0.3, -0.25) is 9.79 Å². The van der Waals surface area contributed by atoms with Gasteiger partial charge in [0.2, 0.25) is 5.91 Å². The van der Waals surface area contributed by atoms with Crippen molar-refractivity contribution in [3.63, 3.8) is 0 Å². The number of nitrogens with zero attached hydrogens (tertiary/aromatic N) is 1. The van der Waals surface area contributed by atoms with Gasteiger partial charge in [0.15, 0.2) is 0 Å². The maximum absolute atomic E-state index is 12.2. The maximum atomic E-state index is 12.2. The highest BCUT2D eigenvalue weighted by Gasteiger charge is 2.24. The van der Waals surface area contributed by atoms with Crippen LogP contribution < -0.4 is 5.32 Å². The zero-order chi connectivity index (χ0) is 22.0. The van der Waals surface area contributed by atoms with E-state index in [9.17, 15) is 4.79 Å². The van der Waals surface area contributed by atoms with Crippen molar-refractivity contribution in [2.45, 2.75) is 33.1 Å². The van der Waals surface area contributed by atoms with E-state index in [1.165, 1.54) is 16.0 Å². The zero-order valence-corrected chi connectivity index (χ0v) is 19.9. The summed E-state index contributed by atoms with van der Waals surface area (Å²) in [4.78, 5) is 17.9. The van der Waals surface area contributed by atoms with Crippen LogP contribution in [0, 0.1) is 5.92 Å². The molecule has 1 aliphatic rings. The number of halogens is 2. The molecule has 0 saturated carbocycles. The number of hydrogen-bond acceptors (Lipinski definition) is 3. The van der Waals surface area contributed by atoms with E-state index >= 15 is 0 Å². The molecule has 160 valence electrons. The third kappa shape index (κ3) is 5.20. The Balaban J connectivity index is 1.58. The summed E-state index contributed by atoms with van der Waals surface area (Å²) in [7, 11) is 0. The third-order valence-electron chi connectivity index (χ3n) is 5.20. The standard InChI is InChI=1S/C25H24Cl2N2OS/c1-15(2)12-17-8-6-16(7-9-17)10-11-18-13-19-24(23-20(26)4-3-5-21(23)27)28-14-22(30)29-25(19)31-18/h3-9,13,15H,10-12,14H2,1-2H3,(H,29,30). The number of anilines is 1. The number of fused-ring (bicyclic) bond motifs is 1. The van der Waals surface area contributed by atoms with E-state index in [4.69, 9.17) is 23.2 Å². The minimum absolute atomic E-state index is 0.0519. The van der Waals surface area contributed by atoms with E-state index in [-0.39, 0.29) is 12.5 Å². The molecule has 2 aromatic carbocycles. The number of amides is 1. The molecule has 0 bridgehead atoms. The van der Waals surface area contributed by atoms with Crippen LogP contribution in [0.4, 0.5) is 5.00 Å². The van der Waals surface area contributed by atoms with Crippen molar-refractivity contribution >= 4 is 51.2 Å². The van der Waals surface area contributed by atoms with Crippen molar-refractivity contribution in [2.24, 2.45) is 10.9 Å². The Morgan fingerprint density at radius 2 is 1.71 bits per heavy atom. The van der Waals surface area contributed by atoms with E-state index in [1.807, 2.05) is 0 Å². The highest BCUT2D eigenvalue weighted by Crippen LogP contribution is 2.36. The van der Waals surface area contributed by atoms with E-state index in [2.05, 4.69) is 54.5 Å². The molecule has 1 aromatic heterocycles. The first-order valence-electron chi connectivity index (χ1n) is 10.4. The molecule has 0 atom stereocenters. The molecule has 0 radical (unpaired) electrons. The summed E-state index contributed by atoms with van der Waals surface area (Å²) in [5, 5.41) is 4.85. The van der Waals surface area contributed by atoms with Crippen molar-refractivity contribution in [3.8, 4) is 0 Å². The second-order valence-corrected chi connectivity index (χ2v) is 10.1. The Kier molecular flexibility index (Phi) is 6.80. The molecular formula is C25H24Cl2N2OS. The van der Waals surface area contributed by atoms with Gasteiger partial charge in [0.1, 0.15) is 11.5 Å². The summed E-state index contributed by atoms with van der Waals surface area (Å²) in [5.41, 5.74) is 4.91. The summed E-state index contributed by atoms with van der Waals surface area (Å²) in [6, 6.07) is 16.4. The third-order valence-corrected chi connectivity index (χ3v) is 6.94. The number of carbonyl (C=O) groups excluding carboxylic acids is 1. The van der Waals surface area contributed by atoms with E-state index in [0.29, 0.717) is 27.2 Å². The molecule has 1 aliphatic heterocycles. The van der Waals surface area contributed by atoms with Gasteiger partial charge < -0.3 is 5.32 Å². The first kappa shape index (κ1) is 22.1. The van der Waals surface area contributed by atoms with Gasteiger partial charge in [-0.1, -0.05) is 67.4 Å². The maximum Gasteiger partial charge on any atom is 0.246 e. The van der Waals surface area contributed by atoms with Crippen molar-refractivity contribution < 1.29 is 4.79 Å². The van der Waals surface area contributed by atoms with Gasteiger partial charge in [-0.05, 0) is 54.5 Å². The second-order valence-electron chi connectivity index (χ2n) is 8.18. The number of thiophene rings is 1. The summed E-state index contributed by atoms with van der Waals surface area (Å²) in [6.07, 6.45) is 2.93. The molecule has 0 aliphatic carbocycles. The number of hydrogen-bond donors (Lipinski definition) is 1. The van der Waals surface area contributed by atoms with Crippen molar-refractivity contribution in [1.29, 1.82) is 0 Å². The van der Waals surface area contributed by atoms with Crippen LogP contribution in [0.25, 0.3) is 0 Å². The molecule has 0 saturated heterocycles. The lowest BCUT2D eigenvalue weighted by atomic mass is 10.00. The average molecular weight is 471 g/mol. The van der Waals surface area contributed by atoms with Crippen LogP contribution in [0.3, 0.4) is 0 Å². The van der Waals surface area contributed by atoms with Crippen LogP contribution in [0.2, 0.25) is 10.0 Å². The molecule has 6 heteroatoms. The summed E-state index contributed by atoms with van der Waals surface area (Å²) in [5.74, 6) is 0.527. The van der Waals surface area contributed by atoms with Crippen molar-refractivity contribution in [3.05, 3.63) is 85.7 Å². The highest BCUT2D eigenvalue weighted by molar-refractivity contribution is 7.16. The number of nitrogens with one attached hydrogen (secondary N) is 1. The second kappa shape index (κ2) is 9.56. The van der Waals surface area contributed by atoms with Gasteiger partial charge in [0.25, 0.3) is 0 Å². The molecular weight excluding hydrogens is 447 g/mol. The lowest BCUT2D eigenvalue weighted by molar-refractivity contribution is -0.114. The Morgan fingerprint density at radius 3 is 2.39 bits per heavy atom. The van der Waals surface area contributed by atoms with Crippen LogP contribution >= 0.6 is 34.5 Å². The number of rotatable bonds is 6. The van der Waals surface area contributed by atoms with Crippen LogP contribution in [0.5, 0.6) is 0 Å². The molecule has 2 heterocycles. The summed E-state index contributed by atoms with van der Waals surface area (Å²) >= 11 is 14.5. The van der Waals surface area contributed by atoms with Gasteiger partial charge in [0.05, 0.1) is 15.8 Å². The molecule has 0 fully saturated rings. The SMILES string of the molecule is CC(C)Cc1ccc(CCc2cc3c(s2)NC(=O)CN=C3c2c(Cl)cccc2Cl)cc1. The van der Waals surface area contributed by atoms with E-state index < -0.39 is 0 Å². The predicted molar refractivity (Wildman–Crippen MR) is 132 cm³/mol. The molecule has 1 N–H and O–H groups in total. The van der Waals surface area contributed by atoms with Gasteiger partial charge in [-0.2, -0.15) is 0 Å². The van der Waals surface area contributed by atoms with Gasteiger partial charge in [-0.15, -0.1) is 11.3 Å². The Bertz CT molecular complexity index is 1110. The van der Waals surface area contributed by atoms with Crippen LogP contribution in [0.15, 0.2) is 53.5 Å². The molecule has 1 amide bonds. The molecule has 0 unspecified atom stereocenters. The normalized spacial score (nSPS) is 13.6. The van der Waals surface area contributed by atoms with E-state index in [0.717, 1.165) is 29.8 Å². The minimum atomic E-state index is -0.131. The van der Waals surface area contributed by atoms with Crippen LogP contribution in [0.1, 0.15) is 41.0 Å². The largest absolute Gasteiger partial charge is 0.316 e. The van der Waals surface area contributed by atoms with E-state index in [1.54, 1.807) is 29.5 Å². The lowest BCUT2D eigenvalue weighted by Crippen LogP contribution is -2.12. The Labute approximate surface area is 197 Å². The molecule has 3 nitrogen and oxygen atoms in total. The fraction of sp³-hybridized carbons (Fsp3) is 0.280. The fourth-order valence-electron chi connectivity index (χ4n) is 3.75. The fourth-order valence-corrected chi connectivity index (χ4v) is 5.40. The number of aryl methyl sites for hydroxylation is 2. The van der Waals surface area contributed by atoms with Crippen molar-refractivity contribution in [2.75, 3.05) is 11.9 Å². The van der Waals surface area contributed by atoms with Crippen molar-refractivity contribution in [1.82, 2.24) is 0 Å². The first-order chi connectivity index (χ1) is 14.9. The molecule has 0 spiro atoms. The number of aliphatic imine (C=N–C) groups is 1. The van der Waals surface area contributed by atoms with Gasteiger partial charge in [0, 0.05) is 16.0 Å². The average Bonchev–Trinajstić information content (AvgIpc) is 3.04. The van der Waals surface area contributed by atoms with Gasteiger partial charge >= 0.3 is 0 Å². The minimum Gasteiger partial charge on any atom is -0.316 e. The molecule has 3 aromatic rings. The molecule has 4 rings (SSSR count). The Morgan fingerprint density at radius 1 is 1.03 bits per heavy atom. The summed E-state index contributed by atoms with van der Waals surface area (Å²) in [6.45, 7) is 4.53. The lowest BCUT2D eigenvalue weighted by Gasteiger charge is -2.09. The quantitative estimate of drug-likeness (QED) is 0.421. The van der Waals surface area contributed by atoms with Crippen LogP contribution in [-0.4, -0.2) is 18.2 Å². The molecule has 31 heavy (non-hydrogen) atoms. The van der Waals surface area contributed by atoms with Crippen LogP contribution in [-0.2, 0) is 24.1 Å². The highest BCUT2D eigenvalue weighted by atomic mass is 35.5. The smallest absolute Gasteiger partial charge is 0.246 e. The summed E-state index contributed by atoms with van der Waals surface area (Å²) < 4.78 is 0. The number of carbonyl (C=O) groups is 1. The zero-order valence-electron chi connectivity index (χ0n) is 17.5. The Hall–Kier alpha value is -2.14. The monoisotopic (exact) mass is 470 g/mol. The first-order valence-corrected chi connectivity index (χ1v) is 12.0.